The van der Waals surface area contributed by atoms with Crippen LogP contribution in [0.3, 0.4) is 0 Å². The van der Waals surface area contributed by atoms with E-state index in [0.717, 1.165) is 21.6 Å². The molecule has 0 spiro atoms. The maximum Gasteiger partial charge on any atom is 0.243 e. The van der Waals surface area contributed by atoms with Crippen LogP contribution >= 0.6 is 23.4 Å². The summed E-state index contributed by atoms with van der Waals surface area (Å²) in [6.45, 7) is 4.80. The fourth-order valence-electron chi connectivity index (χ4n) is 3.58. The predicted octanol–water partition coefficient (Wildman–Crippen LogP) is 5.52. The Labute approximate surface area is 205 Å². The van der Waals surface area contributed by atoms with E-state index in [0.29, 0.717) is 24.5 Å². The number of amides is 2. The number of aryl methyl sites for hydroxylation is 1. The van der Waals surface area contributed by atoms with Crippen molar-refractivity contribution in [2.75, 3.05) is 12.3 Å². The number of halogens is 1. The van der Waals surface area contributed by atoms with Crippen LogP contribution in [-0.4, -0.2) is 35.1 Å². The van der Waals surface area contributed by atoms with Crippen LogP contribution < -0.4 is 5.32 Å². The molecule has 3 rings (SSSR count). The van der Waals surface area contributed by atoms with Gasteiger partial charge in [-0.25, -0.2) is 0 Å². The summed E-state index contributed by atoms with van der Waals surface area (Å²) in [5.74, 6) is 0.0169. The number of carbonyl (C=O) groups excluding carboxylic acids is 2. The highest BCUT2D eigenvalue weighted by molar-refractivity contribution is 8.00. The zero-order valence-corrected chi connectivity index (χ0v) is 20.5. The topological polar surface area (TPSA) is 49.4 Å². The highest BCUT2D eigenvalue weighted by Crippen LogP contribution is 2.23. The largest absolute Gasteiger partial charge is 0.355 e. The molecule has 2 amide bonds. The molecule has 1 atom stereocenters. The standard InChI is InChI=1S/C27H29ClN2O2S/c1-3-29-27(32)25(17-21-10-5-4-6-11-21)30(18-22-12-8-7-9-20(22)2)26(31)19-33-24-15-13-23(28)14-16-24/h4-16,25H,3,17-19H2,1-2H3,(H,29,32)/t25-/m1/s1. The highest BCUT2D eigenvalue weighted by atomic mass is 35.5. The van der Waals surface area contributed by atoms with E-state index in [-0.39, 0.29) is 17.6 Å². The molecule has 0 fully saturated rings. The van der Waals surface area contributed by atoms with Gasteiger partial charge in [0.15, 0.2) is 0 Å². The number of carbonyl (C=O) groups is 2. The van der Waals surface area contributed by atoms with Crippen LogP contribution in [0.4, 0.5) is 0 Å². The lowest BCUT2D eigenvalue weighted by molar-refractivity contribution is -0.139. The van der Waals surface area contributed by atoms with Crippen LogP contribution in [0.15, 0.2) is 83.8 Å². The molecule has 0 saturated carbocycles. The summed E-state index contributed by atoms with van der Waals surface area (Å²) in [5.41, 5.74) is 3.14. The Bertz CT molecular complexity index is 1060. The van der Waals surface area contributed by atoms with Gasteiger partial charge in [0.25, 0.3) is 0 Å². The van der Waals surface area contributed by atoms with Gasteiger partial charge in [0, 0.05) is 29.4 Å². The lowest BCUT2D eigenvalue weighted by atomic mass is 10.0. The Morgan fingerprint density at radius 1 is 0.970 bits per heavy atom. The second kappa shape index (κ2) is 12.5. The van der Waals surface area contributed by atoms with Crippen molar-refractivity contribution in [1.82, 2.24) is 10.2 Å². The summed E-state index contributed by atoms with van der Waals surface area (Å²) in [5, 5.41) is 3.59. The molecule has 3 aromatic carbocycles. The van der Waals surface area contributed by atoms with Crippen molar-refractivity contribution in [3.63, 3.8) is 0 Å². The molecule has 3 aromatic rings. The van der Waals surface area contributed by atoms with Crippen LogP contribution in [0.2, 0.25) is 5.02 Å². The lowest BCUT2D eigenvalue weighted by Gasteiger charge is -2.32. The maximum atomic E-state index is 13.5. The van der Waals surface area contributed by atoms with Crippen molar-refractivity contribution in [2.45, 2.75) is 37.8 Å². The van der Waals surface area contributed by atoms with Crippen molar-refractivity contribution in [1.29, 1.82) is 0 Å². The van der Waals surface area contributed by atoms with E-state index in [2.05, 4.69) is 5.32 Å². The van der Waals surface area contributed by atoms with E-state index in [1.54, 1.807) is 4.90 Å². The number of benzene rings is 3. The molecule has 6 heteroatoms. The molecular formula is C27H29ClN2O2S. The fourth-order valence-corrected chi connectivity index (χ4v) is 4.49. The molecule has 0 aromatic heterocycles. The van der Waals surface area contributed by atoms with E-state index < -0.39 is 6.04 Å². The second-order valence-corrected chi connectivity index (χ2v) is 9.28. The van der Waals surface area contributed by atoms with Crippen LogP contribution in [0.1, 0.15) is 23.6 Å². The summed E-state index contributed by atoms with van der Waals surface area (Å²) in [6, 6.07) is 24.6. The highest BCUT2D eigenvalue weighted by Gasteiger charge is 2.30. The van der Waals surface area contributed by atoms with Gasteiger partial charge in [0.2, 0.25) is 11.8 Å². The zero-order valence-electron chi connectivity index (χ0n) is 19.0. The van der Waals surface area contributed by atoms with E-state index in [4.69, 9.17) is 11.6 Å². The first-order chi connectivity index (χ1) is 16.0. The van der Waals surface area contributed by atoms with Gasteiger partial charge < -0.3 is 10.2 Å². The molecule has 0 bridgehead atoms. The SMILES string of the molecule is CCNC(=O)[C@@H](Cc1ccccc1)N(Cc1ccccc1C)C(=O)CSc1ccc(Cl)cc1. The number of thioether (sulfide) groups is 1. The smallest absolute Gasteiger partial charge is 0.243 e. The monoisotopic (exact) mass is 480 g/mol. The third-order valence-electron chi connectivity index (χ3n) is 5.40. The second-order valence-electron chi connectivity index (χ2n) is 7.79. The van der Waals surface area contributed by atoms with E-state index in [1.165, 1.54) is 11.8 Å². The van der Waals surface area contributed by atoms with E-state index in [1.807, 2.05) is 92.7 Å². The zero-order chi connectivity index (χ0) is 23.6. The molecular weight excluding hydrogens is 452 g/mol. The van der Waals surface area contributed by atoms with Crippen molar-refractivity contribution in [2.24, 2.45) is 0 Å². The Morgan fingerprint density at radius 2 is 1.64 bits per heavy atom. The minimum Gasteiger partial charge on any atom is -0.355 e. The van der Waals surface area contributed by atoms with Gasteiger partial charge in [-0.05, 0) is 54.8 Å². The molecule has 33 heavy (non-hydrogen) atoms. The summed E-state index contributed by atoms with van der Waals surface area (Å²) in [4.78, 5) is 29.4. The summed E-state index contributed by atoms with van der Waals surface area (Å²) >= 11 is 7.43. The van der Waals surface area contributed by atoms with Crippen molar-refractivity contribution in [3.8, 4) is 0 Å². The first-order valence-corrected chi connectivity index (χ1v) is 12.4. The summed E-state index contributed by atoms with van der Waals surface area (Å²) in [6.07, 6.45) is 0.454. The third-order valence-corrected chi connectivity index (χ3v) is 6.65. The Hall–Kier alpha value is -2.76. The minimum absolute atomic E-state index is 0.0783. The van der Waals surface area contributed by atoms with E-state index in [9.17, 15) is 9.59 Å². The average Bonchev–Trinajstić information content (AvgIpc) is 2.82. The Balaban J connectivity index is 1.89. The van der Waals surface area contributed by atoms with Crippen molar-refractivity contribution < 1.29 is 9.59 Å². The molecule has 1 N–H and O–H groups in total. The van der Waals surface area contributed by atoms with Gasteiger partial charge in [0.1, 0.15) is 6.04 Å². The van der Waals surface area contributed by atoms with Crippen molar-refractivity contribution in [3.05, 3.63) is 101 Å². The molecule has 172 valence electrons. The van der Waals surface area contributed by atoms with Crippen LogP contribution in [0.25, 0.3) is 0 Å². The predicted molar refractivity (Wildman–Crippen MR) is 137 cm³/mol. The number of nitrogens with zero attached hydrogens (tertiary/aromatic N) is 1. The first-order valence-electron chi connectivity index (χ1n) is 11.0. The molecule has 0 aliphatic rings. The van der Waals surface area contributed by atoms with Crippen LogP contribution in [0.5, 0.6) is 0 Å². The summed E-state index contributed by atoms with van der Waals surface area (Å²) < 4.78 is 0. The van der Waals surface area contributed by atoms with Crippen LogP contribution in [0, 0.1) is 6.92 Å². The van der Waals surface area contributed by atoms with Crippen molar-refractivity contribution >= 4 is 35.2 Å². The Morgan fingerprint density at radius 3 is 2.30 bits per heavy atom. The average molecular weight is 481 g/mol. The van der Waals surface area contributed by atoms with Gasteiger partial charge in [-0.3, -0.25) is 9.59 Å². The number of rotatable bonds is 10. The van der Waals surface area contributed by atoms with Gasteiger partial charge in [-0.1, -0.05) is 66.2 Å². The number of nitrogens with one attached hydrogen (secondary N) is 1. The minimum atomic E-state index is -0.606. The van der Waals surface area contributed by atoms with Gasteiger partial charge in [-0.2, -0.15) is 0 Å². The number of likely N-dealkylation sites (N-methyl/N-ethyl adjacent to an activating group) is 1. The maximum absolute atomic E-state index is 13.5. The molecule has 0 unspecified atom stereocenters. The molecule has 0 radical (unpaired) electrons. The van der Waals surface area contributed by atoms with Gasteiger partial charge in [-0.15, -0.1) is 11.8 Å². The van der Waals surface area contributed by atoms with Gasteiger partial charge >= 0.3 is 0 Å². The quantitative estimate of drug-likeness (QED) is 0.389. The van der Waals surface area contributed by atoms with Crippen LogP contribution in [-0.2, 0) is 22.6 Å². The number of hydrogen-bond acceptors (Lipinski definition) is 3. The molecule has 0 aliphatic carbocycles. The number of hydrogen-bond donors (Lipinski definition) is 1. The van der Waals surface area contributed by atoms with Gasteiger partial charge in [0.05, 0.1) is 5.75 Å². The lowest BCUT2D eigenvalue weighted by Crippen LogP contribution is -2.51. The molecule has 0 aliphatic heterocycles. The molecule has 4 nitrogen and oxygen atoms in total. The molecule has 0 saturated heterocycles. The Kier molecular flexibility index (Phi) is 9.40. The fraction of sp³-hybridized carbons (Fsp3) is 0.259. The molecule has 0 heterocycles. The normalized spacial score (nSPS) is 11.6. The first kappa shape index (κ1) is 24.9. The summed E-state index contributed by atoms with van der Waals surface area (Å²) in [7, 11) is 0. The third kappa shape index (κ3) is 7.37. The van der Waals surface area contributed by atoms with E-state index >= 15 is 0 Å².